The molecule has 0 spiro atoms. The molecule has 138 valence electrons. The number of nitrogens with one attached hydrogen (secondary N) is 1. The predicted octanol–water partition coefficient (Wildman–Crippen LogP) is 2.13. The van der Waals surface area contributed by atoms with E-state index in [4.69, 9.17) is 4.98 Å². The summed E-state index contributed by atoms with van der Waals surface area (Å²) in [5, 5.41) is 3.39. The molecule has 0 bridgehead atoms. The Morgan fingerprint density at radius 1 is 1.00 bits per heavy atom. The Morgan fingerprint density at radius 2 is 1.85 bits per heavy atom. The molecule has 6 nitrogen and oxygen atoms in total. The highest BCUT2D eigenvalue weighted by Crippen LogP contribution is 2.25. The summed E-state index contributed by atoms with van der Waals surface area (Å²) in [5.41, 5.74) is 1.35. The number of pyridine rings is 1. The van der Waals surface area contributed by atoms with Gasteiger partial charge in [0.1, 0.15) is 5.82 Å². The van der Waals surface area contributed by atoms with Crippen molar-refractivity contribution in [3.8, 4) is 0 Å². The van der Waals surface area contributed by atoms with Gasteiger partial charge in [0, 0.05) is 57.9 Å². The highest BCUT2D eigenvalue weighted by molar-refractivity contribution is 5.44. The molecule has 2 aliphatic rings. The van der Waals surface area contributed by atoms with Crippen molar-refractivity contribution in [1.29, 1.82) is 0 Å². The molecule has 4 rings (SSSR count). The fourth-order valence-electron chi connectivity index (χ4n) is 3.90. The van der Waals surface area contributed by atoms with E-state index in [0.29, 0.717) is 0 Å². The van der Waals surface area contributed by atoms with Crippen LogP contribution in [0.3, 0.4) is 0 Å². The Labute approximate surface area is 155 Å². The van der Waals surface area contributed by atoms with Crippen molar-refractivity contribution in [1.82, 2.24) is 20.3 Å². The maximum Gasteiger partial charge on any atom is 0.227 e. The highest BCUT2D eigenvalue weighted by Gasteiger charge is 2.22. The van der Waals surface area contributed by atoms with E-state index in [2.05, 4.69) is 31.2 Å². The van der Waals surface area contributed by atoms with Crippen molar-refractivity contribution in [2.75, 3.05) is 49.1 Å². The predicted molar refractivity (Wildman–Crippen MR) is 105 cm³/mol. The number of anilines is 2. The van der Waals surface area contributed by atoms with Crippen LogP contribution in [0.15, 0.2) is 36.8 Å². The Balaban J connectivity index is 1.30. The molecule has 0 unspecified atom stereocenters. The first-order valence-corrected chi connectivity index (χ1v) is 9.81. The van der Waals surface area contributed by atoms with Crippen LogP contribution < -0.4 is 15.1 Å². The first kappa shape index (κ1) is 17.2. The van der Waals surface area contributed by atoms with E-state index in [1.807, 2.05) is 30.7 Å². The molecule has 0 aliphatic carbocycles. The van der Waals surface area contributed by atoms with Crippen LogP contribution in [0, 0.1) is 5.92 Å². The molecule has 0 radical (unpaired) electrons. The molecule has 4 heterocycles. The normalized spacial score (nSPS) is 18.9. The van der Waals surface area contributed by atoms with Gasteiger partial charge in [0.25, 0.3) is 0 Å². The van der Waals surface area contributed by atoms with Crippen molar-refractivity contribution in [2.45, 2.75) is 25.7 Å². The summed E-state index contributed by atoms with van der Waals surface area (Å²) < 4.78 is 0. The Hall–Kier alpha value is -2.21. The van der Waals surface area contributed by atoms with Gasteiger partial charge in [-0.2, -0.15) is 4.98 Å². The maximum absolute atomic E-state index is 4.84. The minimum absolute atomic E-state index is 0.794. The van der Waals surface area contributed by atoms with Gasteiger partial charge in [-0.25, -0.2) is 4.98 Å². The third kappa shape index (κ3) is 4.30. The van der Waals surface area contributed by atoms with Crippen molar-refractivity contribution < 1.29 is 0 Å². The van der Waals surface area contributed by atoms with Crippen LogP contribution in [0.25, 0.3) is 0 Å². The molecule has 6 heteroatoms. The van der Waals surface area contributed by atoms with Crippen LogP contribution in [-0.2, 0) is 6.42 Å². The third-order valence-electron chi connectivity index (χ3n) is 5.53. The van der Waals surface area contributed by atoms with Crippen LogP contribution in [0.1, 0.15) is 24.8 Å². The number of rotatable bonds is 5. The smallest absolute Gasteiger partial charge is 0.227 e. The Morgan fingerprint density at radius 3 is 2.62 bits per heavy atom. The zero-order valence-corrected chi connectivity index (χ0v) is 15.3. The van der Waals surface area contributed by atoms with Crippen LogP contribution in [-0.4, -0.2) is 54.2 Å². The van der Waals surface area contributed by atoms with Crippen LogP contribution in [0.2, 0.25) is 0 Å². The van der Waals surface area contributed by atoms with E-state index in [1.165, 1.54) is 24.8 Å². The summed E-state index contributed by atoms with van der Waals surface area (Å²) in [6.07, 6.45) is 10.6. The minimum Gasteiger partial charge on any atom is -0.354 e. The van der Waals surface area contributed by atoms with Crippen LogP contribution >= 0.6 is 0 Å². The summed E-state index contributed by atoms with van der Waals surface area (Å²) in [4.78, 5) is 18.3. The molecule has 2 aromatic heterocycles. The number of aryl methyl sites for hydroxylation is 1. The van der Waals surface area contributed by atoms with Crippen LogP contribution in [0.5, 0.6) is 0 Å². The topological polar surface area (TPSA) is 57.2 Å². The van der Waals surface area contributed by atoms with E-state index in [1.54, 1.807) is 0 Å². The minimum atomic E-state index is 0.794. The van der Waals surface area contributed by atoms with E-state index >= 15 is 0 Å². The standard InChI is InChI=1S/C20H28N6/c1-2-18(16-22-8-1)4-3-17-6-12-26(13-7-17)20-23-9-5-19(24-20)25-14-10-21-11-15-25/h1-2,5,8-9,16-17,21H,3-4,6-7,10-15H2. The number of piperazine rings is 1. The van der Waals surface area contributed by atoms with Crippen molar-refractivity contribution in [2.24, 2.45) is 5.92 Å². The zero-order valence-electron chi connectivity index (χ0n) is 15.3. The molecule has 2 fully saturated rings. The summed E-state index contributed by atoms with van der Waals surface area (Å²) in [7, 11) is 0. The van der Waals surface area contributed by atoms with Gasteiger partial charge in [-0.1, -0.05) is 6.07 Å². The lowest BCUT2D eigenvalue weighted by Crippen LogP contribution is -2.44. The summed E-state index contributed by atoms with van der Waals surface area (Å²) in [6.45, 7) is 6.22. The molecule has 26 heavy (non-hydrogen) atoms. The second-order valence-electron chi connectivity index (χ2n) is 7.28. The Bertz CT molecular complexity index is 678. The second-order valence-corrected chi connectivity index (χ2v) is 7.28. The summed E-state index contributed by atoms with van der Waals surface area (Å²) in [6, 6.07) is 6.24. The fraction of sp³-hybridized carbons (Fsp3) is 0.550. The Kier molecular flexibility index (Phi) is 5.59. The summed E-state index contributed by atoms with van der Waals surface area (Å²) in [5.74, 6) is 2.75. The monoisotopic (exact) mass is 352 g/mol. The fourth-order valence-corrected chi connectivity index (χ4v) is 3.90. The number of aromatic nitrogens is 3. The molecule has 2 aromatic rings. The van der Waals surface area contributed by atoms with Gasteiger partial charge in [0.05, 0.1) is 0 Å². The van der Waals surface area contributed by atoms with E-state index in [-0.39, 0.29) is 0 Å². The van der Waals surface area contributed by atoms with Gasteiger partial charge in [-0.15, -0.1) is 0 Å². The second kappa shape index (κ2) is 8.45. The van der Waals surface area contributed by atoms with E-state index in [0.717, 1.165) is 63.4 Å². The highest BCUT2D eigenvalue weighted by atomic mass is 15.3. The average Bonchev–Trinajstić information content (AvgIpc) is 2.74. The van der Waals surface area contributed by atoms with Crippen molar-refractivity contribution in [3.63, 3.8) is 0 Å². The largest absolute Gasteiger partial charge is 0.354 e. The van der Waals surface area contributed by atoms with Gasteiger partial charge in [-0.05, 0) is 49.3 Å². The van der Waals surface area contributed by atoms with Crippen molar-refractivity contribution >= 4 is 11.8 Å². The maximum atomic E-state index is 4.84. The number of hydrogen-bond donors (Lipinski definition) is 1. The first-order valence-electron chi connectivity index (χ1n) is 9.81. The zero-order chi connectivity index (χ0) is 17.6. The molecule has 2 saturated heterocycles. The van der Waals surface area contributed by atoms with E-state index < -0.39 is 0 Å². The molecule has 0 amide bonds. The molecular formula is C20H28N6. The lowest BCUT2D eigenvalue weighted by Gasteiger charge is -2.33. The van der Waals surface area contributed by atoms with Gasteiger partial charge < -0.3 is 15.1 Å². The number of piperidine rings is 1. The first-order chi connectivity index (χ1) is 12.9. The van der Waals surface area contributed by atoms with Gasteiger partial charge in [0.2, 0.25) is 5.95 Å². The lowest BCUT2D eigenvalue weighted by atomic mass is 9.91. The molecule has 0 aromatic carbocycles. The third-order valence-corrected chi connectivity index (χ3v) is 5.53. The lowest BCUT2D eigenvalue weighted by molar-refractivity contribution is 0.379. The SMILES string of the molecule is c1cncc(CCC2CCN(c3nccc(N4CCNCC4)n3)CC2)c1. The average molecular weight is 352 g/mol. The van der Waals surface area contributed by atoms with Crippen LogP contribution in [0.4, 0.5) is 11.8 Å². The van der Waals surface area contributed by atoms with Gasteiger partial charge in [-0.3, -0.25) is 4.98 Å². The quantitative estimate of drug-likeness (QED) is 0.890. The van der Waals surface area contributed by atoms with E-state index in [9.17, 15) is 0 Å². The molecular weight excluding hydrogens is 324 g/mol. The number of hydrogen-bond acceptors (Lipinski definition) is 6. The van der Waals surface area contributed by atoms with Gasteiger partial charge >= 0.3 is 0 Å². The summed E-state index contributed by atoms with van der Waals surface area (Å²) >= 11 is 0. The number of nitrogens with zero attached hydrogens (tertiary/aromatic N) is 5. The van der Waals surface area contributed by atoms with Gasteiger partial charge in [0.15, 0.2) is 0 Å². The van der Waals surface area contributed by atoms with Crippen molar-refractivity contribution in [3.05, 3.63) is 42.4 Å². The molecule has 0 atom stereocenters. The molecule has 1 N–H and O–H groups in total. The molecule has 2 aliphatic heterocycles. The molecule has 0 saturated carbocycles.